The largest absolute Gasteiger partial charge is 0.325 e. The second-order valence-corrected chi connectivity index (χ2v) is 9.71. The summed E-state index contributed by atoms with van der Waals surface area (Å²) < 4.78 is 1.14. The standard InChI is InChI=1S/C25H26IN5O/c26-19-6-3-7-20(15-19)28-25-27-16-18-14-23(32)29-22-9-8-17(13-21(22)24(18)30-25)5-4-12-31-10-1-2-11-31/h3,6-9,13,15-16H,1-2,4-5,10-12,14H2,(H,29,32)(H,27,28,30). The lowest BCUT2D eigenvalue weighted by Gasteiger charge is -2.15. The van der Waals surface area contributed by atoms with Crippen LogP contribution in [-0.2, 0) is 17.6 Å². The Bertz CT molecular complexity index is 1140. The lowest BCUT2D eigenvalue weighted by Crippen LogP contribution is -2.20. The van der Waals surface area contributed by atoms with Crippen LogP contribution in [0, 0.1) is 3.57 Å². The van der Waals surface area contributed by atoms with Gasteiger partial charge in [0.2, 0.25) is 11.9 Å². The smallest absolute Gasteiger partial charge is 0.228 e. The molecule has 2 aromatic carbocycles. The molecule has 0 bridgehead atoms. The normalized spacial score (nSPS) is 15.6. The van der Waals surface area contributed by atoms with Crippen LogP contribution < -0.4 is 10.6 Å². The Kier molecular flexibility index (Phi) is 6.36. The van der Waals surface area contributed by atoms with E-state index in [-0.39, 0.29) is 12.3 Å². The maximum Gasteiger partial charge on any atom is 0.228 e. The summed E-state index contributed by atoms with van der Waals surface area (Å²) in [6.45, 7) is 3.62. The summed E-state index contributed by atoms with van der Waals surface area (Å²) in [6.07, 6.45) is 6.86. The highest BCUT2D eigenvalue weighted by Crippen LogP contribution is 2.34. The number of nitrogens with one attached hydrogen (secondary N) is 2. The van der Waals surface area contributed by atoms with Gasteiger partial charge >= 0.3 is 0 Å². The third-order valence-corrected chi connectivity index (χ3v) is 6.72. The molecule has 0 aliphatic carbocycles. The minimum absolute atomic E-state index is 0.0336. The third kappa shape index (κ3) is 4.94. The number of halogens is 1. The molecule has 1 saturated heterocycles. The van der Waals surface area contributed by atoms with E-state index < -0.39 is 0 Å². The van der Waals surface area contributed by atoms with Crippen molar-refractivity contribution in [1.82, 2.24) is 14.9 Å². The molecular formula is C25H26IN5O. The molecule has 3 heterocycles. The number of hydrogen-bond acceptors (Lipinski definition) is 5. The van der Waals surface area contributed by atoms with Crippen LogP contribution in [-0.4, -0.2) is 40.4 Å². The van der Waals surface area contributed by atoms with Gasteiger partial charge in [0.05, 0.1) is 17.8 Å². The monoisotopic (exact) mass is 539 g/mol. The van der Waals surface area contributed by atoms with E-state index in [1.54, 1.807) is 6.20 Å². The molecule has 0 atom stereocenters. The van der Waals surface area contributed by atoms with Gasteiger partial charge in [0.1, 0.15) is 0 Å². The lowest BCUT2D eigenvalue weighted by molar-refractivity contribution is -0.115. The van der Waals surface area contributed by atoms with E-state index in [0.717, 1.165) is 51.2 Å². The number of rotatable bonds is 6. The van der Waals surface area contributed by atoms with E-state index in [0.29, 0.717) is 5.95 Å². The zero-order valence-electron chi connectivity index (χ0n) is 17.9. The number of aryl methyl sites for hydroxylation is 1. The molecule has 164 valence electrons. The summed E-state index contributed by atoms with van der Waals surface area (Å²) in [6, 6.07) is 14.4. The van der Waals surface area contributed by atoms with Gasteiger partial charge in [-0.3, -0.25) is 4.79 Å². The topological polar surface area (TPSA) is 70.2 Å². The number of nitrogens with zero attached hydrogens (tertiary/aromatic N) is 3. The van der Waals surface area contributed by atoms with Gasteiger partial charge in [-0.1, -0.05) is 12.1 Å². The molecule has 0 spiro atoms. The van der Waals surface area contributed by atoms with Gasteiger partial charge in [0.15, 0.2) is 0 Å². The maximum absolute atomic E-state index is 12.4. The first-order valence-corrected chi connectivity index (χ1v) is 12.3. The number of aromatic nitrogens is 2. The first kappa shape index (κ1) is 21.3. The molecule has 1 fully saturated rings. The van der Waals surface area contributed by atoms with Crippen LogP contribution in [0.25, 0.3) is 11.3 Å². The van der Waals surface area contributed by atoms with E-state index in [1.165, 1.54) is 31.5 Å². The van der Waals surface area contributed by atoms with Gasteiger partial charge in [-0.15, -0.1) is 0 Å². The highest BCUT2D eigenvalue weighted by atomic mass is 127. The van der Waals surface area contributed by atoms with Crippen LogP contribution >= 0.6 is 22.6 Å². The van der Waals surface area contributed by atoms with Crippen molar-refractivity contribution in [2.75, 3.05) is 30.3 Å². The predicted molar refractivity (Wildman–Crippen MR) is 136 cm³/mol. The molecule has 5 rings (SSSR count). The summed E-state index contributed by atoms with van der Waals surface area (Å²) >= 11 is 2.29. The number of likely N-dealkylation sites (tertiary alicyclic amines) is 1. The van der Waals surface area contributed by atoms with E-state index in [9.17, 15) is 4.79 Å². The van der Waals surface area contributed by atoms with E-state index >= 15 is 0 Å². The molecule has 32 heavy (non-hydrogen) atoms. The Balaban J connectivity index is 1.42. The fraction of sp³-hybridized carbons (Fsp3) is 0.320. The Morgan fingerprint density at radius 2 is 2.00 bits per heavy atom. The molecule has 6 nitrogen and oxygen atoms in total. The van der Waals surface area contributed by atoms with Crippen LogP contribution in [0.2, 0.25) is 0 Å². The van der Waals surface area contributed by atoms with Crippen molar-refractivity contribution < 1.29 is 4.79 Å². The molecule has 0 saturated carbocycles. The van der Waals surface area contributed by atoms with Crippen LogP contribution in [0.4, 0.5) is 17.3 Å². The van der Waals surface area contributed by atoms with Gasteiger partial charge in [0, 0.05) is 26.6 Å². The van der Waals surface area contributed by atoms with E-state index in [1.807, 2.05) is 30.3 Å². The van der Waals surface area contributed by atoms with Crippen molar-refractivity contribution in [2.45, 2.75) is 32.1 Å². The number of hydrogen-bond donors (Lipinski definition) is 2. The van der Waals surface area contributed by atoms with Gasteiger partial charge in [-0.05, 0) is 104 Å². The molecule has 0 radical (unpaired) electrons. The van der Waals surface area contributed by atoms with Gasteiger partial charge in [0.25, 0.3) is 0 Å². The molecule has 1 aromatic heterocycles. The molecule has 2 aliphatic rings. The number of amides is 1. The Labute approximate surface area is 202 Å². The zero-order chi connectivity index (χ0) is 21.9. The van der Waals surface area contributed by atoms with Crippen molar-refractivity contribution in [3.8, 4) is 11.3 Å². The number of anilines is 3. The number of benzene rings is 2. The van der Waals surface area contributed by atoms with Crippen molar-refractivity contribution in [2.24, 2.45) is 0 Å². The Morgan fingerprint density at radius 3 is 2.84 bits per heavy atom. The van der Waals surface area contributed by atoms with Gasteiger partial charge < -0.3 is 15.5 Å². The van der Waals surface area contributed by atoms with Crippen molar-refractivity contribution in [1.29, 1.82) is 0 Å². The first-order valence-electron chi connectivity index (χ1n) is 11.2. The van der Waals surface area contributed by atoms with E-state index in [2.05, 4.69) is 55.2 Å². The fourth-order valence-electron chi connectivity index (χ4n) is 4.46. The Morgan fingerprint density at radius 1 is 1.12 bits per heavy atom. The van der Waals surface area contributed by atoms with Crippen LogP contribution in [0.1, 0.15) is 30.4 Å². The molecule has 1 amide bonds. The third-order valence-electron chi connectivity index (χ3n) is 6.05. The summed E-state index contributed by atoms with van der Waals surface area (Å²) in [7, 11) is 0. The van der Waals surface area contributed by atoms with Gasteiger partial charge in [-0.2, -0.15) is 0 Å². The minimum atomic E-state index is -0.0336. The van der Waals surface area contributed by atoms with Crippen LogP contribution in [0.5, 0.6) is 0 Å². The quantitative estimate of drug-likeness (QED) is 0.431. The average Bonchev–Trinajstić information content (AvgIpc) is 3.25. The van der Waals surface area contributed by atoms with E-state index in [4.69, 9.17) is 4.98 Å². The second kappa shape index (κ2) is 9.54. The number of fused-ring (bicyclic) bond motifs is 3. The molecule has 2 N–H and O–H groups in total. The second-order valence-electron chi connectivity index (χ2n) is 8.46. The highest BCUT2D eigenvalue weighted by molar-refractivity contribution is 14.1. The predicted octanol–water partition coefficient (Wildman–Crippen LogP) is 5.01. The summed E-state index contributed by atoms with van der Waals surface area (Å²) in [5, 5.41) is 6.34. The summed E-state index contributed by atoms with van der Waals surface area (Å²) in [5.74, 6) is 0.499. The van der Waals surface area contributed by atoms with Crippen molar-refractivity contribution in [3.05, 3.63) is 63.4 Å². The minimum Gasteiger partial charge on any atom is -0.325 e. The van der Waals surface area contributed by atoms with Crippen molar-refractivity contribution >= 4 is 45.8 Å². The molecule has 0 unspecified atom stereocenters. The molecule has 7 heteroatoms. The average molecular weight is 539 g/mol. The highest BCUT2D eigenvalue weighted by Gasteiger charge is 2.21. The Hall–Kier alpha value is -2.52. The summed E-state index contributed by atoms with van der Waals surface area (Å²) in [4.78, 5) is 24.3. The molecule has 2 aliphatic heterocycles. The molecule has 3 aromatic rings. The SMILES string of the molecule is O=C1Cc2cnc(Nc3cccc(I)c3)nc2-c2cc(CCCN3CCCC3)ccc2N1. The lowest BCUT2D eigenvalue weighted by atomic mass is 10.00. The number of carbonyl (C=O) groups is 1. The van der Waals surface area contributed by atoms with Crippen LogP contribution in [0.15, 0.2) is 48.7 Å². The summed E-state index contributed by atoms with van der Waals surface area (Å²) in [5.41, 5.74) is 5.67. The fourth-order valence-corrected chi connectivity index (χ4v) is 5.00. The maximum atomic E-state index is 12.4. The zero-order valence-corrected chi connectivity index (χ0v) is 20.1. The van der Waals surface area contributed by atoms with Crippen molar-refractivity contribution in [3.63, 3.8) is 0 Å². The number of carbonyl (C=O) groups excluding carboxylic acids is 1. The first-order chi connectivity index (χ1) is 15.6. The molecular weight excluding hydrogens is 513 g/mol. The van der Waals surface area contributed by atoms with Gasteiger partial charge in [-0.25, -0.2) is 9.97 Å². The van der Waals surface area contributed by atoms with Crippen LogP contribution in [0.3, 0.4) is 0 Å².